The second kappa shape index (κ2) is 7.52. The summed E-state index contributed by atoms with van der Waals surface area (Å²) in [6.07, 6.45) is -3.70. The van der Waals surface area contributed by atoms with Gasteiger partial charge in [-0.25, -0.2) is 4.98 Å². The van der Waals surface area contributed by atoms with E-state index < -0.39 is 17.8 Å². The molecule has 1 heterocycles. The summed E-state index contributed by atoms with van der Waals surface area (Å²) in [5.74, 6) is 0.254. The Labute approximate surface area is 135 Å². The van der Waals surface area contributed by atoms with Gasteiger partial charge in [0.15, 0.2) is 0 Å². The maximum absolute atomic E-state index is 12.4. The van der Waals surface area contributed by atoms with E-state index in [-0.39, 0.29) is 18.9 Å². The molecule has 2 N–H and O–H groups in total. The van der Waals surface area contributed by atoms with Crippen molar-refractivity contribution in [3.8, 4) is 5.75 Å². The zero-order valence-corrected chi connectivity index (χ0v) is 12.6. The van der Waals surface area contributed by atoms with E-state index in [4.69, 9.17) is 16.3 Å². The summed E-state index contributed by atoms with van der Waals surface area (Å²) in [6.45, 7) is 0.137. The molecule has 4 nitrogen and oxygen atoms in total. The molecule has 0 aliphatic heterocycles. The first kappa shape index (κ1) is 17.4. The minimum absolute atomic E-state index is 0.0584. The maximum atomic E-state index is 12.4. The van der Waals surface area contributed by atoms with E-state index in [1.807, 2.05) is 0 Å². The van der Waals surface area contributed by atoms with Crippen molar-refractivity contribution in [2.24, 2.45) is 0 Å². The minimum Gasteiger partial charge on any atom is -0.491 e. The van der Waals surface area contributed by atoms with Crippen LogP contribution in [0, 0.1) is 0 Å². The molecular weight excluding hydrogens is 333 g/mol. The third kappa shape index (κ3) is 5.61. The first-order valence-corrected chi connectivity index (χ1v) is 7.06. The van der Waals surface area contributed by atoms with Gasteiger partial charge in [0.25, 0.3) is 0 Å². The predicted molar refractivity (Wildman–Crippen MR) is 80.7 cm³/mol. The monoisotopic (exact) mass is 346 g/mol. The van der Waals surface area contributed by atoms with Gasteiger partial charge in [0, 0.05) is 18.4 Å². The van der Waals surface area contributed by atoms with Crippen LogP contribution in [-0.4, -0.2) is 29.3 Å². The highest BCUT2D eigenvalue weighted by Crippen LogP contribution is 2.30. The summed E-state index contributed by atoms with van der Waals surface area (Å²) in [7, 11) is 0. The second-order valence-corrected chi connectivity index (χ2v) is 5.12. The van der Waals surface area contributed by atoms with Crippen LogP contribution < -0.4 is 10.1 Å². The van der Waals surface area contributed by atoms with E-state index in [2.05, 4.69) is 10.3 Å². The first-order chi connectivity index (χ1) is 10.8. The molecule has 1 atom stereocenters. The van der Waals surface area contributed by atoms with Gasteiger partial charge in [-0.2, -0.15) is 13.2 Å². The molecule has 23 heavy (non-hydrogen) atoms. The lowest BCUT2D eigenvalue weighted by atomic mass is 10.2. The largest absolute Gasteiger partial charge is 0.491 e. The molecular formula is C15H14ClF3N2O2. The molecule has 124 valence electrons. The third-order valence-electron chi connectivity index (χ3n) is 2.89. The van der Waals surface area contributed by atoms with Gasteiger partial charge in [0.1, 0.15) is 23.6 Å². The molecule has 2 aromatic rings. The summed E-state index contributed by atoms with van der Waals surface area (Å²) in [5, 5.41) is 13.1. The number of alkyl halides is 3. The Morgan fingerprint density at radius 1 is 1.22 bits per heavy atom. The molecule has 0 spiro atoms. The van der Waals surface area contributed by atoms with Crippen LogP contribution in [0.2, 0.25) is 5.15 Å². The summed E-state index contributed by atoms with van der Waals surface area (Å²) in [5.41, 5.74) is -0.0554. The number of benzene rings is 1. The van der Waals surface area contributed by atoms with Crippen LogP contribution in [0.1, 0.15) is 5.56 Å². The van der Waals surface area contributed by atoms with Crippen LogP contribution in [0.4, 0.5) is 18.9 Å². The molecule has 2 rings (SSSR count). The van der Waals surface area contributed by atoms with Gasteiger partial charge >= 0.3 is 6.18 Å². The highest BCUT2D eigenvalue weighted by atomic mass is 35.5. The van der Waals surface area contributed by atoms with E-state index in [1.165, 1.54) is 18.3 Å². The van der Waals surface area contributed by atoms with E-state index in [0.29, 0.717) is 10.8 Å². The summed E-state index contributed by atoms with van der Waals surface area (Å²) >= 11 is 5.73. The topological polar surface area (TPSA) is 54.4 Å². The summed E-state index contributed by atoms with van der Waals surface area (Å²) < 4.78 is 42.5. The average Bonchev–Trinajstić information content (AvgIpc) is 2.50. The molecule has 0 aliphatic rings. The van der Waals surface area contributed by atoms with Crippen LogP contribution >= 0.6 is 11.6 Å². The normalized spacial score (nSPS) is 12.7. The van der Waals surface area contributed by atoms with Crippen LogP contribution in [-0.2, 0) is 6.18 Å². The van der Waals surface area contributed by atoms with Crippen LogP contribution in [0.15, 0.2) is 42.6 Å². The van der Waals surface area contributed by atoms with Gasteiger partial charge in [0.05, 0.1) is 5.56 Å². The average molecular weight is 347 g/mol. The lowest BCUT2D eigenvalue weighted by molar-refractivity contribution is -0.137. The van der Waals surface area contributed by atoms with Crippen molar-refractivity contribution in [3.05, 3.63) is 53.3 Å². The second-order valence-electron chi connectivity index (χ2n) is 4.74. The number of nitrogens with zero attached hydrogens (tertiary/aromatic N) is 1. The van der Waals surface area contributed by atoms with Gasteiger partial charge < -0.3 is 15.2 Å². The smallest absolute Gasteiger partial charge is 0.416 e. The molecule has 0 amide bonds. The number of pyridine rings is 1. The zero-order valence-electron chi connectivity index (χ0n) is 11.8. The van der Waals surface area contributed by atoms with Crippen LogP contribution in [0.3, 0.4) is 0 Å². The molecule has 1 unspecified atom stereocenters. The van der Waals surface area contributed by atoms with E-state index in [0.717, 1.165) is 12.1 Å². The minimum atomic E-state index is -4.38. The van der Waals surface area contributed by atoms with Crippen molar-refractivity contribution in [2.45, 2.75) is 12.3 Å². The van der Waals surface area contributed by atoms with E-state index in [9.17, 15) is 18.3 Å². The van der Waals surface area contributed by atoms with E-state index >= 15 is 0 Å². The highest BCUT2D eigenvalue weighted by molar-refractivity contribution is 6.29. The quantitative estimate of drug-likeness (QED) is 0.785. The Bertz CT molecular complexity index is 635. The maximum Gasteiger partial charge on any atom is 0.416 e. The van der Waals surface area contributed by atoms with Crippen molar-refractivity contribution in [1.82, 2.24) is 4.98 Å². The Hall–Kier alpha value is -1.99. The van der Waals surface area contributed by atoms with Crippen LogP contribution in [0.5, 0.6) is 5.75 Å². The molecule has 1 aromatic heterocycles. The van der Waals surface area contributed by atoms with Gasteiger partial charge in [-0.05, 0) is 36.4 Å². The number of hydrogen-bond donors (Lipinski definition) is 2. The standard InChI is InChI=1S/C15H14ClF3N2O2/c16-14-7-11(5-6-20-14)21-8-12(22)9-23-13-3-1-10(2-4-13)15(17,18)19/h1-7,12,22H,8-9H2,(H,20,21). The van der Waals surface area contributed by atoms with Gasteiger partial charge in [-0.1, -0.05) is 11.6 Å². The van der Waals surface area contributed by atoms with E-state index in [1.54, 1.807) is 12.1 Å². The van der Waals surface area contributed by atoms with Crippen LogP contribution in [0.25, 0.3) is 0 Å². The Kier molecular flexibility index (Phi) is 5.68. The highest BCUT2D eigenvalue weighted by Gasteiger charge is 2.30. The third-order valence-corrected chi connectivity index (χ3v) is 3.10. The first-order valence-electron chi connectivity index (χ1n) is 6.68. The number of nitrogens with one attached hydrogen (secondary N) is 1. The molecule has 0 radical (unpaired) electrons. The fourth-order valence-corrected chi connectivity index (χ4v) is 1.91. The number of aliphatic hydroxyl groups excluding tert-OH is 1. The van der Waals surface area contributed by atoms with Gasteiger partial charge in [0.2, 0.25) is 0 Å². The van der Waals surface area contributed by atoms with Crippen molar-refractivity contribution >= 4 is 17.3 Å². The van der Waals surface area contributed by atoms with Crippen molar-refractivity contribution < 1.29 is 23.0 Å². The molecule has 0 saturated carbocycles. The molecule has 0 bridgehead atoms. The molecule has 1 aromatic carbocycles. The lowest BCUT2D eigenvalue weighted by Gasteiger charge is -2.14. The molecule has 0 fully saturated rings. The number of aliphatic hydroxyl groups is 1. The Morgan fingerprint density at radius 3 is 2.52 bits per heavy atom. The van der Waals surface area contributed by atoms with Gasteiger partial charge in [-0.15, -0.1) is 0 Å². The number of anilines is 1. The zero-order chi connectivity index (χ0) is 16.9. The molecule has 0 saturated heterocycles. The van der Waals surface area contributed by atoms with Crippen molar-refractivity contribution in [3.63, 3.8) is 0 Å². The lowest BCUT2D eigenvalue weighted by Crippen LogP contribution is -2.26. The van der Waals surface area contributed by atoms with Crippen molar-refractivity contribution in [2.75, 3.05) is 18.5 Å². The predicted octanol–water partition coefficient (Wildman–Crippen LogP) is 3.61. The molecule has 8 heteroatoms. The summed E-state index contributed by atoms with van der Waals surface area (Å²) in [6, 6.07) is 7.58. The summed E-state index contributed by atoms with van der Waals surface area (Å²) in [4.78, 5) is 3.83. The van der Waals surface area contributed by atoms with Crippen molar-refractivity contribution in [1.29, 1.82) is 0 Å². The Balaban J connectivity index is 1.79. The number of halogens is 4. The van der Waals surface area contributed by atoms with Gasteiger partial charge in [-0.3, -0.25) is 0 Å². The molecule has 0 aliphatic carbocycles. The SMILES string of the molecule is OC(CNc1ccnc(Cl)c1)COc1ccc(C(F)(F)F)cc1. The number of hydrogen-bond acceptors (Lipinski definition) is 4. The fraction of sp³-hybridized carbons (Fsp3) is 0.267. The Morgan fingerprint density at radius 2 is 1.91 bits per heavy atom. The number of aromatic nitrogens is 1. The number of ether oxygens (including phenoxy) is 1. The number of rotatable bonds is 6. The fourth-order valence-electron chi connectivity index (χ4n) is 1.74.